The number of hydrogen-bond acceptors (Lipinski definition) is 1. The Morgan fingerprint density at radius 1 is 1.33 bits per heavy atom. The lowest BCUT2D eigenvalue weighted by Gasteiger charge is -2.30. The molecule has 2 nitrogen and oxygen atoms in total. The van der Waals surface area contributed by atoms with Crippen molar-refractivity contribution in [3.05, 3.63) is 0 Å². The highest BCUT2D eigenvalue weighted by molar-refractivity contribution is 5.69. The van der Waals surface area contributed by atoms with Gasteiger partial charge in [0.25, 0.3) is 0 Å². The highest BCUT2D eigenvalue weighted by atomic mass is 16.4. The predicted molar refractivity (Wildman–Crippen MR) is 61.8 cm³/mol. The molecule has 2 heteroatoms. The van der Waals surface area contributed by atoms with E-state index in [9.17, 15) is 4.79 Å². The molecule has 1 unspecified atom stereocenters. The summed E-state index contributed by atoms with van der Waals surface area (Å²) in [5.41, 5.74) is 0. The van der Waals surface area contributed by atoms with Crippen LogP contribution >= 0.6 is 0 Å². The van der Waals surface area contributed by atoms with Gasteiger partial charge < -0.3 is 5.11 Å². The van der Waals surface area contributed by atoms with E-state index >= 15 is 0 Å². The Morgan fingerprint density at radius 2 is 1.93 bits per heavy atom. The third-order valence-corrected chi connectivity index (χ3v) is 3.95. The zero-order chi connectivity index (χ0) is 11.3. The summed E-state index contributed by atoms with van der Waals surface area (Å²) in [5, 5.41) is 8.94. The maximum Gasteiger partial charge on any atom is 0.306 e. The molecule has 15 heavy (non-hydrogen) atoms. The Balaban J connectivity index is 2.26. The molecule has 0 aromatic rings. The summed E-state index contributed by atoms with van der Waals surface area (Å²) in [4.78, 5) is 10.9. The van der Waals surface area contributed by atoms with Crippen LogP contribution in [0.15, 0.2) is 0 Å². The molecule has 1 aliphatic rings. The van der Waals surface area contributed by atoms with Crippen molar-refractivity contribution in [3.63, 3.8) is 0 Å². The van der Waals surface area contributed by atoms with Crippen LogP contribution in [0.3, 0.4) is 0 Å². The minimum absolute atomic E-state index is 0.142. The van der Waals surface area contributed by atoms with Gasteiger partial charge in [-0.3, -0.25) is 4.79 Å². The van der Waals surface area contributed by atoms with Crippen molar-refractivity contribution in [2.24, 2.45) is 17.8 Å². The van der Waals surface area contributed by atoms with Gasteiger partial charge in [-0.05, 0) is 24.7 Å². The first-order valence-corrected chi connectivity index (χ1v) is 6.38. The van der Waals surface area contributed by atoms with Crippen molar-refractivity contribution in [2.45, 2.75) is 58.8 Å². The summed E-state index contributed by atoms with van der Waals surface area (Å²) in [6.07, 6.45) is 8.73. The third kappa shape index (κ3) is 3.84. The van der Waals surface area contributed by atoms with E-state index in [1.54, 1.807) is 0 Å². The summed E-state index contributed by atoms with van der Waals surface area (Å²) in [6.45, 7) is 4.09. The molecule has 0 saturated heterocycles. The van der Waals surface area contributed by atoms with Crippen molar-refractivity contribution in [1.82, 2.24) is 0 Å². The zero-order valence-electron chi connectivity index (χ0n) is 10.0. The van der Waals surface area contributed by atoms with Gasteiger partial charge in [-0.25, -0.2) is 0 Å². The SMILES string of the molecule is CCCCC1CCC(C(C)C(=O)O)CC1. The van der Waals surface area contributed by atoms with Gasteiger partial charge in [-0.1, -0.05) is 46.0 Å². The van der Waals surface area contributed by atoms with Crippen molar-refractivity contribution < 1.29 is 9.90 Å². The summed E-state index contributed by atoms with van der Waals surface area (Å²) in [6, 6.07) is 0. The molecule has 1 fully saturated rings. The monoisotopic (exact) mass is 212 g/mol. The first-order valence-electron chi connectivity index (χ1n) is 6.38. The van der Waals surface area contributed by atoms with Crippen LogP contribution in [-0.4, -0.2) is 11.1 Å². The lowest BCUT2D eigenvalue weighted by Crippen LogP contribution is -2.25. The second-order valence-electron chi connectivity index (χ2n) is 5.05. The number of unbranched alkanes of at least 4 members (excludes halogenated alkanes) is 1. The Kier molecular flexibility index (Phi) is 5.13. The minimum Gasteiger partial charge on any atom is -0.481 e. The molecule has 1 rings (SSSR count). The Hall–Kier alpha value is -0.530. The van der Waals surface area contributed by atoms with Crippen molar-refractivity contribution in [1.29, 1.82) is 0 Å². The molecule has 1 atom stereocenters. The molecule has 1 N–H and O–H groups in total. The third-order valence-electron chi connectivity index (χ3n) is 3.95. The van der Waals surface area contributed by atoms with E-state index in [1.807, 2.05) is 6.92 Å². The molecule has 0 bridgehead atoms. The topological polar surface area (TPSA) is 37.3 Å². The van der Waals surface area contributed by atoms with Crippen LogP contribution in [-0.2, 0) is 4.79 Å². The van der Waals surface area contributed by atoms with E-state index in [0.29, 0.717) is 5.92 Å². The minimum atomic E-state index is -0.619. The number of aliphatic carboxylic acids is 1. The summed E-state index contributed by atoms with van der Waals surface area (Å²) in [7, 11) is 0. The van der Waals surface area contributed by atoms with Gasteiger partial charge in [0.2, 0.25) is 0 Å². The maximum absolute atomic E-state index is 10.9. The molecule has 0 aromatic carbocycles. The first kappa shape index (κ1) is 12.5. The largest absolute Gasteiger partial charge is 0.481 e. The van der Waals surface area contributed by atoms with Gasteiger partial charge in [0.05, 0.1) is 5.92 Å². The van der Waals surface area contributed by atoms with E-state index in [0.717, 1.165) is 18.8 Å². The number of carboxylic acid groups (broad SMARTS) is 1. The Morgan fingerprint density at radius 3 is 2.40 bits per heavy atom. The smallest absolute Gasteiger partial charge is 0.306 e. The van der Waals surface area contributed by atoms with Crippen LogP contribution in [0.2, 0.25) is 0 Å². The van der Waals surface area contributed by atoms with E-state index in [1.165, 1.54) is 32.1 Å². The van der Waals surface area contributed by atoms with Gasteiger partial charge in [-0.15, -0.1) is 0 Å². The number of hydrogen-bond donors (Lipinski definition) is 1. The predicted octanol–water partition coefficient (Wildman–Crippen LogP) is 3.70. The number of carboxylic acids is 1. The van der Waals surface area contributed by atoms with E-state index in [2.05, 4.69) is 6.92 Å². The molecule has 0 spiro atoms. The molecule has 0 amide bonds. The fraction of sp³-hybridized carbons (Fsp3) is 0.923. The lowest BCUT2D eigenvalue weighted by atomic mass is 9.75. The van der Waals surface area contributed by atoms with Crippen molar-refractivity contribution in [3.8, 4) is 0 Å². The molecule has 0 aliphatic heterocycles. The zero-order valence-corrected chi connectivity index (χ0v) is 10.0. The highest BCUT2D eigenvalue weighted by Crippen LogP contribution is 2.35. The fourth-order valence-corrected chi connectivity index (χ4v) is 2.67. The summed E-state index contributed by atoms with van der Waals surface area (Å²) >= 11 is 0. The van der Waals surface area contributed by atoms with Crippen LogP contribution in [0.1, 0.15) is 58.8 Å². The molecule has 88 valence electrons. The fourth-order valence-electron chi connectivity index (χ4n) is 2.67. The first-order chi connectivity index (χ1) is 7.15. The van der Waals surface area contributed by atoms with Crippen LogP contribution in [0.4, 0.5) is 0 Å². The highest BCUT2D eigenvalue weighted by Gasteiger charge is 2.28. The lowest BCUT2D eigenvalue weighted by molar-refractivity contribution is -0.143. The standard InChI is InChI=1S/C13H24O2/c1-3-4-5-11-6-8-12(9-7-11)10(2)13(14)15/h10-12H,3-9H2,1-2H3,(H,14,15). The van der Waals surface area contributed by atoms with E-state index < -0.39 is 5.97 Å². The molecular weight excluding hydrogens is 188 g/mol. The number of carbonyl (C=O) groups is 1. The van der Waals surface area contributed by atoms with Gasteiger partial charge in [0.1, 0.15) is 0 Å². The van der Waals surface area contributed by atoms with Gasteiger partial charge >= 0.3 is 5.97 Å². The molecular formula is C13H24O2. The second-order valence-corrected chi connectivity index (χ2v) is 5.05. The molecule has 0 heterocycles. The number of rotatable bonds is 5. The van der Waals surface area contributed by atoms with E-state index in [-0.39, 0.29) is 5.92 Å². The summed E-state index contributed by atoms with van der Waals surface area (Å²) in [5.74, 6) is 0.548. The normalized spacial score (nSPS) is 28.7. The van der Waals surface area contributed by atoms with Crippen LogP contribution in [0, 0.1) is 17.8 Å². The van der Waals surface area contributed by atoms with Gasteiger partial charge in [-0.2, -0.15) is 0 Å². The average molecular weight is 212 g/mol. The van der Waals surface area contributed by atoms with Crippen molar-refractivity contribution >= 4 is 5.97 Å². The second kappa shape index (κ2) is 6.14. The molecule has 1 aliphatic carbocycles. The molecule has 0 aromatic heterocycles. The van der Waals surface area contributed by atoms with Crippen LogP contribution in [0.25, 0.3) is 0 Å². The van der Waals surface area contributed by atoms with Crippen molar-refractivity contribution in [2.75, 3.05) is 0 Å². The Labute approximate surface area is 93.1 Å². The van der Waals surface area contributed by atoms with Gasteiger partial charge in [0.15, 0.2) is 0 Å². The average Bonchev–Trinajstić information content (AvgIpc) is 2.26. The quantitative estimate of drug-likeness (QED) is 0.754. The maximum atomic E-state index is 10.9. The molecule has 1 saturated carbocycles. The summed E-state index contributed by atoms with van der Waals surface area (Å²) < 4.78 is 0. The molecule has 0 radical (unpaired) electrons. The Bertz CT molecular complexity index is 193. The van der Waals surface area contributed by atoms with Crippen LogP contribution in [0.5, 0.6) is 0 Å². The van der Waals surface area contributed by atoms with Crippen LogP contribution < -0.4 is 0 Å². The van der Waals surface area contributed by atoms with E-state index in [4.69, 9.17) is 5.11 Å². The van der Waals surface area contributed by atoms with Gasteiger partial charge in [0, 0.05) is 0 Å².